The summed E-state index contributed by atoms with van der Waals surface area (Å²) in [4.78, 5) is 0. The van der Waals surface area contributed by atoms with Crippen molar-refractivity contribution in [3.8, 4) is 0 Å². The van der Waals surface area contributed by atoms with Crippen molar-refractivity contribution in [2.75, 3.05) is 0 Å². The van der Waals surface area contributed by atoms with E-state index in [2.05, 4.69) is 0 Å². The molecule has 4 nitrogen and oxygen atoms in total. The van der Waals surface area contributed by atoms with Crippen LogP contribution in [0.3, 0.4) is 0 Å². The number of rotatable bonds is 0. The van der Waals surface area contributed by atoms with E-state index in [1.807, 2.05) is 0 Å². The fraction of sp³-hybridized carbons (Fsp3) is 0. The van der Waals surface area contributed by atoms with Crippen LogP contribution in [0, 0.1) is 12.4 Å². The van der Waals surface area contributed by atoms with E-state index in [9.17, 15) is 0 Å². The van der Waals surface area contributed by atoms with E-state index in [1.54, 1.807) is 0 Å². The van der Waals surface area contributed by atoms with Crippen LogP contribution in [0.15, 0.2) is 0 Å². The Kier molecular flexibility index (Phi) is 5.09. The zero-order chi connectivity index (χ0) is 5.70. The van der Waals surface area contributed by atoms with Gasteiger partial charge in [0.15, 0.2) is 0 Å². The van der Waals surface area contributed by atoms with Crippen LogP contribution in [0.4, 0.5) is 0 Å². The van der Waals surface area contributed by atoms with Crippen LogP contribution in [-0.4, -0.2) is 47.6 Å². The summed E-state index contributed by atoms with van der Waals surface area (Å²) in [6.45, 7) is 0. The molecule has 0 rings (SSSR count). The van der Waals surface area contributed by atoms with Gasteiger partial charge in [-0.1, -0.05) is 0 Å². The Labute approximate surface area is 59.9 Å². The number of nitrogens with zero attached hydrogens (tertiary/aromatic N) is 4. The van der Waals surface area contributed by atoms with Gasteiger partial charge < -0.3 is 0 Å². The molecule has 0 unspecified atom stereocenters. The molecule has 7 heteroatoms. The average Bonchev–Trinajstić information content (AvgIpc) is 1.72. The molecule has 7 heavy (non-hydrogen) atoms. The molecule has 0 aromatic rings. The molecule has 0 saturated heterocycles. The molecule has 0 fully saturated rings. The summed E-state index contributed by atoms with van der Waals surface area (Å²) >= 11 is -3.38. The Hall–Kier alpha value is 0.559. The van der Waals surface area contributed by atoms with Gasteiger partial charge in [-0.15, -0.1) is 0 Å². The SMILES string of the molecule is [N]#[Ge][N]([Ge]#[N])[Ge]#[N]. The molecule has 0 N–H and O–H groups in total. The summed E-state index contributed by atoms with van der Waals surface area (Å²) in [7, 11) is 0. The van der Waals surface area contributed by atoms with Crippen LogP contribution >= 0.6 is 0 Å². The molecule has 0 radical (unpaired) electrons. The van der Waals surface area contributed by atoms with Gasteiger partial charge in [0.25, 0.3) is 0 Å². The molecule has 32 valence electrons. The third kappa shape index (κ3) is 3.17. The molecule has 0 spiro atoms. The molecule has 0 aliphatic rings. The number of hydrogen-bond donors (Lipinski definition) is 0. The first-order valence-corrected chi connectivity index (χ1v) is 6.97. The first-order valence-electron chi connectivity index (χ1n) is 1.34. The van der Waals surface area contributed by atoms with Crippen molar-refractivity contribution >= 4 is 45.9 Å². The van der Waals surface area contributed by atoms with Crippen LogP contribution in [0.2, 0.25) is 0 Å². The topological polar surface area (TPSA) is 74.6 Å². The van der Waals surface area contributed by atoms with Crippen molar-refractivity contribution in [2.24, 2.45) is 0 Å². The van der Waals surface area contributed by atoms with Crippen molar-refractivity contribution in [1.29, 1.82) is 12.4 Å². The Bertz CT molecular complexity index is 130. The van der Waals surface area contributed by atoms with Gasteiger partial charge in [-0.2, -0.15) is 0 Å². The third-order valence-corrected chi connectivity index (χ3v) is 8.10. The summed E-state index contributed by atoms with van der Waals surface area (Å²) in [6, 6.07) is 0. The van der Waals surface area contributed by atoms with Gasteiger partial charge >= 0.3 is 60.0 Å². The van der Waals surface area contributed by atoms with Crippen LogP contribution in [-0.2, 0) is 0 Å². The quantitative estimate of drug-likeness (QED) is 0.508. The number of hydrogen-bond acceptors (Lipinski definition) is 4. The second-order valence-corrected chi connectivity index (χ2v) is 10.6. The molecule has 0 aliphatic carbocycles. The molecule has 0 bridgehead atoms. The van der Waals surface area contributed by atoms with Crippen molar-refractivity contribution in [2.45, 2.75) is 0 Å². The Morgan fingerprint density at radius 2 is 1.14 bits per heavy atom. The molecule has 0 saturated carbocycles. The van der Waals surface area contributed by atoms with E-state index >= 15 is 0 Å². The van der Waals surface area contributed by atoms with E-state index in [-0.39, 0.29) is 0 Å². The van der Waals surface area contributed by atoms with E-state index in [1.165, 1.54) is 1.77 Å². The molecule has 0 aromatic heterocycles. The molecule has 0 heterocycles. The van der Waals surface area contributed by atoms with Crippen molar-refractivity contribution in [3.63, 3.8) is 0 Å². The first-order chi connectivity index (χ1) is 3.35. The van der Waals surface area contributed by atoms with Crippen molar-refractivity contribution in [3.05, 3.63) is 0 Å². The van der Waals surface area contributed by atoms with Crippen LogP contribution < -0.4 is 0 Å². The summed E-state index contributed by atoms with van der Waals surface area (Å²) in [6.07, 6.45) is 0. The van der Waals surface area contributed by atoms with E-state index in [4.69, 9.17) is 12.4 Å². The normalized spacial score (nSPS) is 4.71. The molecule has 0 amide bonds. The fourth-order valence-electron chi connectivity index (χ4n) is 0.0671. The van der Waals surface area contributed by atoms with Gasteiger partial charge in [-0.25, -0.2) is 0 Å². The zero-order valence-electron chi connectivity index (χ0n) is 3.29. The minimum atomic E-state index is -1.12. The maximum atomic E-state index is 8.32. The van der Waals surface area contributed by atoms with Gasteiger partial charge in [0.2, 0.25) is 0 Å². The van der Waals surface area contributed by atoms with Gasteiger partial charge in [0, 0.05) is 0 Å². The Morgan fingerprint density at radius 3 is 1.14 bits per heavy atom. The summed E-state index contributed by atoms with van der Waals surface area (Å²) in [5.74, 6) is 0. The second kappa shape index (κ2) is 4.71. The van der Waals surface area contributed by atoms with Crippen LogP contribution in [0.1, 0.15) is 0 Å². The second-order valence-electron chi connectivity index (χ2n) is 0.635. The first kappa shape index (κ1) is 7.56. The molecular formula is Ge3N4. The zero-order valence-corrected chi connectivity index (χ0v) is 9.58. The maximum absolute atomic E-state index is 8.32. The van der Waals surface area contributed by atoms with Gasteiger partial charge in [0.1, 0.15) is 0 Å². The average molecular weight is 274 g/mol. The van der Waals surface area contributed by atoms with Crippen molar-refractivity contribution < 1.29 is 0 Å². The molecular weight excluding hydrogens is 274 g/mol. The van der Waals surface area contributed by atoms with Crippen LogP contribution in [0.25, 0.3) is 0 Å². The molecule has 0 aliphatic heterocycles. The summed E-state index contributed by atoms with van der Waals surface area (Å²) in [5.41, 5.74) is 0. The van der Waals surface area contributed by atoms with Crippen LogP contribution in [0.5, 0.6) is 0 Å². The van der Waals surface area contributed by atoms with Gasteiger partial charge in [-0.3, -0.25) is 0 Å². The minimum absolute atomic E-state index is 1.12. The summed E-state index contributed by atoms with van der Waals surface area (Å²) in [5, 5.41) is 0. The Morgan fingerprint density at radius 1 is 0.857 bits per heavy atom. The van der Waals surface area contributed by atoms with E-state index in [0.29, 0.717) is 0 Å². The fourth-order valence-corrected chi connectivity index (χ4v) is 1.81. The van der Waals surface area contributed by atoms with E-state index in [0.717, 1.165) is 0 Å². The predicted molar refractivity (Wildman–Crippen MR) is 24.3 cm³/mol. The standard InChI is InChI=1S/Ge3N4/c4-1-7(2-5)3-6. The molecule has 0 atom stereocenters. The van der Waals surface area contributed by atoms with E-state index < -0.39 is 45.9 Å². The Balaban J connectivity index is 3.82. The summed E-state index contributed by atoms with van der Waals surface area (Å²) < 4.78 is 26.4. The third-order valence-electron chi connectivity index (χ3n) is 0.300. The van der Waals surface area contributed by atoms with Crippen molar-refractivity contribution in [1.82, 2.24) is 1.77 Å². The molecule has 0 aromatic carbocycles. The predicted octanol–water partition coefficient (Wildman–Crippen LogP) is -1.42. The van der Waals surface area contributed by atoms with Gasteiger partial charge in [-0.05, 0) is 0 Å². The monoisotopic (exact) mass is 278 g/mol. The van der Waals surface area contributed by atoms with Gasteiger partial charge in [0.05, 0.1) is 0 Å².